The fourth-order valence-electron chi connectivity index (χ4n) is 2.89. The number of rotatable bonds is 5. The molecule has 0 fully saturated rings. The summed E-state index contributed by atoms with van der Waals surface area (Å²) in [5.74, 6) is 0.965. The molecule has 2 aromatic carbocycles. The molecule has 5 nitrogen and oxygen atoms in total. The molecule has 0 spiro atoms. The van der Waals surface area contributed by atoms with Crippen LogP contribution < -0.4 is 15.2 Å². The highest BCUT2D eigenvalue weighted by Crippen LogP contribution is 2.28. The maximum atomic E-state index is 12.9. The second-order valence-corrected chi connectivity index (χ2v) is 6.11. The van der Waals surface area contributed by atoms with E-state index in [0.29, 0.717) is 23.8 Å². The lowest BCUT2D eigenvalue weighted by Crippen LogP contribution is -1.95. The molecule has 0 aliphatic heterocycles. The van der Waals surface area contributed by atoms with Crippen LogP contribution in [0.2, 0.25) is 0 Å². The van der Waals surface area contributed by atoms with Gasteiger partial charge in [0.05, 0.1) is 18.5 Å². The molecule has 4 aromatic rings. The highest BCUT2D eigenvalue weighted by atomic mass is 19.1. The maximum absolute atomic E-state index is 12.9. The molecule has 0 saturated carbocycles. The lowest BCUT2D eigenvalue weighted by Gasteiger charge is -2.07. The molecular weight excluding hydrogens is 345 g/mol. The molecular formula is C21H18FN3O2. The molecule has 0 unspecified atom stereocenters. The average Bonchev–Trinajstić information content (AvgIpc) is 3.09. The lowest BCUT2D eigenvalue weighted by atomic mass is 10.1. The first-order valence-corrected chi connectivity index (χ1v) is 8.42. The molecule has 0 atom stereocenters. The van der Waals surface area contributed by atoms with Crippen LogP contribution in [0.5, 0.6) is 11.5 Å². The number of ether oxygens (including phenoxy) is 2. The van der Waals surface area contributed by atoms with Crippen molar-refractivity contribution in [2.24, 2.45) is 0 Å². The predicted octanol–water partition coefficient (Wildman–Crippen LogP) is 4.31. The fraction of sp³-hybridized carbons (Fsp3) is 0.0952. The van der Waals surface area contributed by atoms with Crippen LogP contribution in [-0.2, 0) is 6.61 Å². The van der Waals surface area contributed by atoms with E-state index < -0.39 is 0 Å². The van der Waals surface area contributed by atoms with Crippen LogP contribution in [0.3, 0.4) is 0 Å². The Hall–Kier alpha value is -3.54. The van der Waals surface area contributed by atoms with Crippen LogP contribution in [0.15, 0.2) is 67.0 Å². The number of methoxy groups -OCH3 is 1. The van der Waals surface area contributed by atoms with Crippen LogP contribution in [0.25, 0.3) is 16.8 Å². The summed E-state index contributed by atoms with van der Waals surface area (Å²) in [4.78, 5) is 4.54. The van der Waals surface area contributed by atoms with Gasteiger partial charge < -0.3 is 19.6 Å². The molecule has 27 heavy (non-hydrogen) atoms. The number of nitrogens with zero attached hydrogens (tertiary/aromatic N) is 2. The summed E-state index contributed by atoms with van der Waals surface area (Å²) in [6.45, 7) is 0.304. The van der Waals surface area contributed by atoms with E-state index in [-0.39, 0.29) is 5.82 Å². The highest BCUT2D eigenvalue weighted by Gasteiger charge is 2.07. The molecule has 0 saturated heterocycles. The number of benzene rings is 2. The van der Waals surface area contributed by atoms with Gasteiger partial charge in [-0.25, -0.2) is 9.37 Å². The van der Waals surface area contributed by atoms with Gasteiger partial charge in [0.15, 0.2) is 0 Å². The average molecular weight is 363 g/mol. The van der Waals surface area contributed by atoms with Gasteiger partial charge in [-0.2, -0.15) is 0 Å². The van der Waals surface area contributed by atoms with Crippen molar-refractivity contribution < 1.29 is 13.9 Å². The van der Waals surface area contributed by atoms with Crippen molar-refractivity contribution in [1.29, 1.82) is 0 Å². The third kappa shape index (κ3) is 3.55. The first-order valence-electron chi connectivity index (χ1n) is 8.42. The lowest BCUT2D eigenvalue weighted by molar-refractivity contribution is 0.301. The smallest absolute Gasteiger partial charge is 0.141 e. The molecule has 6 heteroatoms. The summed E-state index contributed by atoms with van der Waals surface area (Å²) in [6.07, 6.45) is 3.90. The minimum absolute atomic E-state index is 0.290. The Balaban J connectivity index is 1.56. The van der Waals surface area contributed by atoms with E-state index in [4.69, 9.17) is 15.2 Å². The zero-order valence-corrected chi connectivity index (χ0v) is 14.7. The summed E-state index contributed by atoms with van der Waals surface area (Å²) in [7, 11) is 1.60. The molecule has 0 radical (unpaired) electrons. The summed E-state index contributed by atoms with van der Waals surface area (Å²) in [5, 5.41) is 0. The number of fused-ring (bicyclic) bond motifs is 1. The fourth-order valence-corrected chi connectivity index (χ4v) is 2.89. The van der Waals surface area contributed by atoms with Crippen molar-refractivity contribution in [3.05, 3.63) is 78.5 Å². The Morgan fingerprint density at radius 2 is 1.78 bits per heavy atom. The van der Waals surface area contributed by atoms with E-state index in [9.17, 15) is 4.39 Å². The van der Waals surface area contributed by atoms with Gasteiger partial charge in [-0.1, -0.05) is 6.07 Å². The number of nitrogen functional groups attached to an aromatic ring is 1. The van der Waals surface area contributed by atoms with Crippen molar-refractivity contribution in [2.75, 3.05) is 12.8 Å². The van der Waals surface area contributed by atoms with Gasteiger partial charge in [0.2, 0.25) is 0 Å². The Labute approximate surface area is 155 Å². The van der Waals surface area contributed by atoms with Crippen molar-refractivity contribution >= 4 is 11.3 Å². The van der Waals surface area contributed by atoms with Gasteiger partial charge in [-0.3, -0.25) is 0 Å². The van der Waals surface area contributed by atoms with Crippen LogP contribution in [0, 0.1) is 5.82 Å². The van der Waals surface area contributed by atoms with E-state index in [1.807, 2.05) is 47.1 Å². The molecule has 0 bridgehead atoms. The molecule has 2 N–H and O–H groups in total. The highest BCUT2D eigenvalue weighted by molar-refractivity contribution is 5.71. The predicted molar refractivity (Wildman–Crippen MR) is 102 cm³/mol. The molecule has 2 heterocycles. The van der Waals surface area contributed by atoms with E-state index >= 15 is 0 Å². The van der Waals surface area contributed by atoms with Gasteiger partial charge in [-0.15, -0.1) is 0 Å². The number of pyridine rings is 1. The van der Waals surface area contributed by atoms with Crippen LogP contribution in [-0.4, -0.2) is 16.5 Å². The summed E-state index contributed by atoms with van der Waals surface area (Å²) in [5.41, 5.74) is 10.2. The van der Waals surface area contributed by atoms with Gasteiger partial charge in [0.1, 0.15) is 29.6 Å². The Kier molecular flexibility index (Phi) is 4.38. The van der Waals surface area contributed by atoms with Crippen molar-refractivity contribution in [3.8, 4) is 22.6 Å². The quantitative estimate of drug-likeness (QED) is 0.537. The standard InChI is InChI=1S/C21H18FN3O2/c1-26-20-8-2-14(10-19(20)23)15-3-9-21-24-17(12-25(21)11-15)13-27-18-6-4-16(22)5-7-18/h2-12H,13,23H2,1H3. The minimum atomic E-state index is -0.290. The number of anilines is 1. The summed E-state index contributed by atoms with van der Waals surface area (Å²) >= 11 is 0. The van der Waals surface area contributed by atoms with Crippen LogP contribution >= 0.6 is 0 Å². The van der Waals surface area contributed by atoms with E-state index in [0.717, 1.165) is 22.5 Å². The zero-order chi connectivity index (χ0) is 18.8. The second-order valence-electron chi connectivity index (χ2n) is 6.11. The molecule has 136 valence electrons. The Morgan fingerprint density at radius 3 is 2.52 bits per heavy atom. The van der Waals surface area contributed by atoms with E-state index in [2.05, 4.69) is 4.98 Å². The largest absolute Gasteiger partial charge is 0.495 e. The maximum Gasteiger partial charge on any atom is 0.141 e. The number of aromatic nitrogens is 2. The van der Waals surface area contributed by atoms with E-state index in [1.54, 1.807) is 19.2 Å². The molecule has 0 aliphatic carbocycles. The number of halogens is 1. The minimum Gasteiger partial charge on any atom is -0.495 e. The van der Waals surface area contributed by atoms with Gasteiger partial charge in [0.25, 0.3) is 0 Å². The Morgan fingerprint density at radius 1 is 1.00 bits per heavy atom. The first-order chi connectivity index (χ1) is 13.1. The van der Waals surface area contributed by atoms with Crippen LogP contribution in [0.1, 0.15) is 5.69 Å². The molecule has 0 aliphatic rings. The van der Waals surface area contributed by atoms with Gasteiger partial charge in [-0.05, 0) is 59.7 Å². The number of imidazole rings is 1. The van der Waals surface area contributed by atoms with Gasteiger partial charge >= 0.3 is 0 Å². The third-order valence-corrected chi connectivity index (χ3v) is 4.26. The normalized spacial score (nSPS) is 10.9. The van der Waals surface area contributed by atoms with Crippen LogP contribution in [0.4, 0.5) is 10.1 Å². The third-order valence-electron chi connectivity index (χ3n) is 4.26. The monoisotopic (exact) mass is 363 g/mol. The van der Waals surface area contributed by atoms with Gasteiger partial charge in [0, 0.05) is 12.4 Å². The van der Waals surface area contributed by atoms with Crippen molar-refractivity contribution in [3.63, 3.8) is 0 Å². The number of hydrogen-bond donors (Lipinski definition) is 1. The van der Waals surface area contributed by atoms with Crippen molar-refractivity contribution in [2.45, 2.75) is 6.61 Å². The zero-order valence-electron chi connectivity index (χ0n) is 14.7. The second kappa shape index (κ2) is 6.99. The molecule has 2 aromatic heterocycles. The SMILES string of the molecule is COc1ccc(-c2ccc3nc(COc4ccc(F)cc4)cn3c2)cc1N. The molecule has 4 rings (SSSR count). The topological polar surface area (TPSA) is 61.8 Å². The Bertz CT molecular complexity index is 1090. The summed E-state index contributed by atoms with van der Waals surface area (Å²) < 4.78 is 25.8. The molecule has 0 amide bonds. The van der Waals surface area contributed by atoms with Crippen molar-refractivity contribution in [1.82, 2.24) is 9.38 Å². The summed E-state index contributed by atoms with van der Waals surface area (Å²) in [6, 6.07) is 15.6. The number of hydrogen-bond acceptors (Lipinski definition) is 4. The van der Waals surface area contributed by atoms with E-state index in [1.165, 1.54) is 12.1 Å². The first kappa shape index (κ1) is 16.9. The number of nitrogens with two attached hydrogens (primary N) is 1.